The average molecular weight is 382 g/mol. The lowest BCUT2D eigenvalue weighted by atomic mass is 10.0. The van der Waals surface area contributed by atoms with E-state index in [0.717, 1.165) is 16.7 Å². The molecule has 2 rings (SSSR count). The van der Waals surface area contributed by atoms with Gasteiger partial charge in [-0.2, -0.15) is 0 Å². The molecule has 6 nitrogen and oxygen atoms in total. The first-order chi connectivity index (χ1) is 13.4. The Morgan fingerprint density at radius 2 is 1.82 bits per heavy atom. The number of carbonyl (C=O) groups is 2. The molecule has 148 valence electrons. The summed E-state index contributed by atoms with van der Waals surface area (Å²) in [7, 11) is 1.56. The Morgan fingerprint density at radius 1 is 1.07 bits per heavy atom. The molecule has 0 fully saturated rings. The summed E-state index contributed by atoms with van der Waals surface area (Å²) >= 11 is 0. The standard InChI is InChI=1S/C22H26N2O4/c1-15(2)18-11-9-16(3)13-20(18)28-14-22(26)24-23-21(25)12-10-17-7-5-6-8-19(17)27-4/h5-13,15H,14H2,1-4H3,(H,23,25)(H,24,26). The van der Waals surface area contributed by atoms with E-state index in [0.29, 0.717) is 11.5 Å². The third kappa shape index (κ3) is 6.16. The molecule has 0 aliphatic heterocycles. The second-order valence-corrected chi connectivity index (χ2v) is 6.60. The molecule has 0 bridgehead atoms. The van der Waals surface area contributed by atoms with Gasteiger partial charge in [-0.3, -0.25) is 20.4 Å². The maximum atomic E-state index is 12.0. The van der Waals surface area contributed by atoms with E-state index in [1.165, 1.54) is 6.08 Å². The lowest BCUT2D eigenvalue weighted by Gasteiger charge is -2.14. The molecule has 28 heavy (non-hydrogen) atoms. The Morgan fingerprint density at radius 3 is 2.54 bits per heavy atom. The van der Waals surface area contributed by atoms with Gasteiger partial charge in [-0.1, -0.05) is 44.2 Å². The van der Waals surface area contributed by atoms with Gasteiger partial charge >= 0.3 is 0 Å². The van der Waals surface area contributed by atoms with Gasteiger partial charge in [-0.15, -0.1) is 0 Å². The highest BCUT2D eigenvalue weighted by Crippen LogP contribution is 2.27. The van der Waals surface area contributed by atoms with Crippen LogP contribution in [-0.2, 0) is 9.59 Å². The number of methoxy groups -OCH3 is 1. The van der Waals surface area contributed by atoms with Crippen LogP contribution in [0.1, 0.15) is 36.5 Å². The number of amides is 2. The zero-order chi connectivity index (χ0) is 20.5. The monoisotopic (exact) mass is 382 g/mol. The Bertz CT molecular complexity index is 859. The fraction of sp³-hybridized carbons (Fsp3) is 0.273. The van der Waals surface area contributed by atoms with Gasteiger partial charge in [0.2, 0.25) is 0 Å². The van der Waals surface area contributed by atoms with E-state index in [4.69, 9.17) is 9.47 Å². The smallest absolute Gasteiger partial charge is 0.276 e. The number of para-hydroxylation sites is 1. The highest BCUT2D eigenvalue weighted by Gasteiger charge is 2.10. The molecular formula is C22H26N2O4. The minimum atomic E-state index is -0.460. The van der Waals surface area contributed by atoms with E-state index in [9.17, 15) is 9.59 Å². The lowest BCUT2D eigenvalue weighted by Crippen LogP contribution is -2.43. The van der Waals surface area contributed by atoms with E-state index in [1.807, 2.05) is 43.3 Å². The van der Waals surface area contributed by atoms with Gasteiger partial charge in [0.05, 0.1) is 7.11 Å². The van der Waals surface area contributed by atoms with Gasteiger partial charge < -0.3 is 9.47 Å². The van der Waals surface area contributed by atoms with Crippen LogP contribution in [0.5, 0.6) is 11.5 Å². The summed E-state index contributed by atoms with van der Waals surface area (Å²) in [6.45, 7) is 5.89. The Balaban J connectivity index is 1.85. The first-order valence-electron chi connectivity index (χ1n) is 9.04. The van der Waals surface area contributed by atoms with Crippen LogP contribution in [-0.4, -0.2) is 25.5 Å². The molecule has 0 aliphatic rings. The average Bonchev–Trinajstić information content (AvgIpc) is 2.69. The number of benzene rings is 2. The molecule has 0 heterocycles. The first-order valence-corrected chi connectivity index (χ1v) is 9.04. The summed E-state index contributed by atoms with van der Waals surface area (Å²) in [6.07, 6.45) is 2.93. The number of rotatable bonds is 7. The van der Waals surface area contributed by atoms with Crippen LogP contribution in [0.25, 0.3) is 6.08 Å². The Labute approximate surface area is 165 Å². The van der Waals surface area contributed by atoms with Crippen LogP contribution >= 0.6 is 0 Å². The maximum absolute atomic E-state index is 12.0. The number of hydrogen-bond acceptors (Lipinski definition) is 4. The van der Waals surface area contributed by atoms with Crippen molar-refractivity contribution in [3.05, 3.63) is 65.2 Å². The van der Waals surface area contributed by atoms with Gasteiger partial charge in [0.15, 0.2) is 6.61 Å². The predicted molar refractivity (Wildman–Crippen MR) is 109 cm³/mol. The molecule has 0 atom stereocenters. The Kier molecular flexibility index (Phi) is 7.63. The predicted octanol–water partition coefficient (Wildman–Crippen LogP) is 3.37. The van der Waals surface area contributed by atoms with Gasteiger partial charge in [-0.05, 0) is 42.2 Å². The summed E-state index contributed by atoms with van der Waals surface area (Å²) in [6, 6.07) is 13.2. The van der Waals surface area contributed by atoms with Crippen molar-refractivity contribution in [1.82, 2.24) is 10.9 Å². The highest BCUT2D eigenvalue weighted by molar-refractivity contribution is 5.93. The molecule has 0 spiro atoms. The van der Waals surface area contributed by atoms with Gasteiger partial charge in [0.1, 0.15) is 11.5 Å². The number of ether oxygens (including phenoxy) is 2. The number of carbonyl (C=O) groups excluding carboxylic acids is 2. The topological polar surface area (TPSA) is 76.7 Å². The largest absolute Gasteiger partial charge is 0.496 e. The fourth-order valence-corrected chi connectivity index (χ4v) is 2.57. The summed E-state index contributed by atoms with van der Waals surface area (Å²) in [4.78, 5) is 23.9. The maximum Gasteiger partial charge on any atom is 0.276 e. The van der Waals surface area contributed by atoms with E-state index < -0.39 is 11.8 Å². The van der Waals surface area contributed by atoms with E-state index >= 15 is 0 Å². The minimum Gasteiger partial charge on any atom is -0.496 e. The molecule has 2 amide bonds. The van der Waals surface area contributed by atoms with Crippen LogP contribution in [0.15, 0.2) is 48.5 Å². The SMILES string of the molecule is COc1ccccc1C=CC(=O)NNC(=O)COc1cc(C)ccc1C(C)C. The van der Waals surface area contributed by atoms with Gasteiger partial charge in [-0.25, -0.2) is 0 Å². The van der Waals surface area contributed by atoms with Crippen LogP contribution in [0.4, 0.5) is 0 Å². The number of nitrogens with one attached hydrogen (secondary N) is 2. The number of hydrogen-bond donors (Lipinski definition) is 2. The summed E-state index contributed by atoms with van der Waals surface area (Å²) in [5.41, 5.74) is 7.50. The molecule has 0 aliphatic carbocycles. The molecule has 0 aromatic heterocycles. The van der Waals surface area contributed by atoms with Crippen LogP contribution < -0.4 is 20.3 Å². The molecule has 2 N–H and O–H groups in total. The van der Waals surface area contributed by atoms with Crippen molar-refractivity contribution in [3.63, 3.8) is 0 Å². The van der Waals surface area contributed by atoms with E-state index in [-0.39, 0.29) is 12.5 Å². The highest BCUT2D eigenvalue weighted by atomic mass is 16.5. The zero-order valence-electron chi connectivity index (χ0n) is 16.6. The number of hydrazine groups is 1. The summed E-state index contributed by atoms with van der Waals surface area (Å²) in [5, 5.41) is 0. The van der Waals surface area contributed by atoms with Crippen molar-refractivity contribution in [2.75, 3.05) is 13.7 Å². The Hall–Kier alpha value is -3.28. The molecule has 0 unspecified atom stereocenters. The van der Waals surface area contributed by atoms with Crippen LogP contribution in [0, 0.1) is 6.92 Å². The lowest BCUT2D eigenvalue weighted by molar-refractivity contribution is -0.128. The quantitative estimate of drug-likeness (QED) is 0.569. The molecular weight excluding hydrogens is 356 g/mol. The molecule has 6 heteroatoms. The van der Waals surface area contributed by atoms with Crippen molar-refractivity contribution in [2.45, 2.75) is 26.7 Å². The molecule has 0 radical (unpaired) electrons. The fourth-order valence-electron chi connectivity index (χ4n) is 2.57. The number of aryl methyl sites for hydroxylation is 1. The van der Waals surface area contributed by atoms with Crippen LogP contribution in [0.2, 0.25) is 0 Å². The van der Waals surface area contributed by atoms with Crippen molar-refractivity contribution < 1.29 is 19.1 Å². The second-order valence-electron chi connectivity index (χ2n) is 6.60. The first kappa shape index (κ1) is 21.0. The second kappa shape index (κ2) is 10.2. The van der Waals surface area contributed by atoms with Gasteiger partial charge in [0.25, 0.3) is 11.8 Å². The minimum absolute atomic E-state index is 0.195. The normalized spacial score (nSPS) is 10.8. The molecule has 2 aromatic carbocycles. The van der Waals surface area contributed by atoms with Crippen molar-refractivity contribution in [1.29, 1.82) is 0 Å². The summed E-state index contributed by atoms with van der Waals surface area (Å²) < 4.78 is 10.9. The third-order valence-corrected chi connectivity index (χ3v) is 4.03. The zero-order valence-corrected chi connectivity index (χ0v) is 16.6. The molecule has 0 saturated heterocycles. The van der Waals surface area contributed by atoms with E-state index in [1.54, 1.807) is 19.3 Å². The van der Waals surface area contributed by atoms with Crippen LogP contribution in [0.3, 0.4) is 0 Å². The summed E-state index contributed by atoms with van der Waals surface area (Å²) in [5.74, 6) is 0.696. The molecule has 0 saturated carbocycles. The third-order valence-electron chi connectivity index (χ3n) is 4.03. The van der Waals surface area contributed by atoms with E-state index in [2.05, 4.69) is 24.7 Å². The van der Waals surface area contributed by atoms with Crippen molar-refractivity contribution in [3.8, 4) is 11.5 Å². The molecule has 2 aromatic rings. The van der Waals surface area contributed by atoms with Crippen molar-refractivity contribution >= 4 is 17.9 Å². The van der Waals surface area contributed by atoms with Gasteiger partial charge in [0, 0.05) is 11.6 Å². The van der Waals surface area contributed by atoms with Crippen molar-refractivity contribution in [2.24, 2.45) is 0 Å².